The first kappa shape index (κ1) is 28.3. The summed E-state index contributed by atoms with van der Waals surface area (Å²) in [6, 6.07) is 28.0. The van der Waals surface area contributed by atoms with Gasteiger partial charge in [-0.3, -0.25) is 4.18 Å². The Balaban J connectivity index is 1.73. The Morgan fingerprint density at radius 2 is 1.22 bits per heavy atom. The zero-order valence-corrected chi connectivity index (χ0v) is 24.3. The lowest BCUT2D eigenvalue weighted by molar-refractivity contribution is 0.0832. The molecule has 6 heteroatoms. The highest BCUT2D eigenvalue weighted by Gasteiger charge is 2.52. The zero-order valence-electron chi connectivity index (χ0n) is 22.5. The van der Waals surface area contributed by atoms with Gasteiger partial charge in [0.15, 0.2) is 0 Å². The zero-order chi connectivity index (χ0) is 26.5. The van der Waals surface area contributed by atoms with Gasteiger partial charge in [-0.15, -0.1) is 0 Å². The fourth-order valence-corrected chi connectivity index (χ4v) is 10.5. The molecule has 0 unspecified atom stereocenters. The van der Waals surface area contributed by atoms with Crippen LogP contribution in [0.4, 0.5) is 0 Å². The summed E-state index contributed by atoms with van der Waals surface area (Å²) in [5.41, 5.74) is 0.609. The fourth-order valence-electron chi connectivity index (χ4n) is 4.71. The van der Waals surface area contributed by atoms with E-state index in [4.69, 9.17) is 8.61 Å². The van der Waals surface area contributed by atoms with Crippen LogP contribution in [-0.2, 0) is 18.7 Å². The summed E-state index contributed by atoms with van der Waals surface area (Å²) in [6.45, 7) is 13.2. The lowest BCUT2D eigenvalue weighted by Crippen LogP contribution is -2.69. The molecule has 0 spiro atoms. The second kappa shape index (κ2) is 11.4. The van der Waals surface area contributed by atoms with E-state index in [9.17, 15) is 8.42 Å². The molecule has 0 aliphatic heterocycles. The monoisotopic (exact) mass is 524 g/mol. The van der Waals surface area contributed by atoms with Crippen molar-refractivity contribution >= 4 is 28.8 Å². The molecule has 0 saturated carbocycles. The van der Waals surface area contributed by atoms with Gasteiger partial charge in [0, 0.05) is 0 Å². The molecular formula is C30H40O4SSi. The first-order chi connectivity index (χ1) is 16.9. The Morgan fingerprint density at radius 3 is 1.69 bits per heavy atom. The number of benzene rings is 3. The highest BCUT2D eigenvalue weighted by atomic mass is 32.2. The van der Waals surface area contributed by atoms with Gasteiger partial charge in [-0.25, -0.2) is 0 Å². The van der Waals surface area contributed by atoms with Crippen LogP contribution in [-0.4, -0.2) is 28.9 Å². The van der Waals surface area contributed by atoms with Gasteiger partial charge in [0.05, 0.1) is 17.1 Å². The van der Waals surface area contributed by atoms with E-state index in [0.717, 1.165) is 18.4 Å². The number of unbranched alkanes of at least 4 members (excludes halogenated alkanes) is 1. The molecule has 0 radical (unpaired) electrons. The number of rotatable bonds is 11. The van der Waals surface area contributed by atoms with Crippen LogP contribution in [0.3, 0.4) is 0 Å². The van der Waals surface area contributed by atoms with E-state index in [-0.39, 0.29) is 16.5 Å². The maximum Gasteiger partial charge on any atom is 0.296 e. The molecule has 3 aromatic carbocycles. The van der Waals surface area contributed by atoms with Gasteiger partial charge in [-0.2, -0.15) is 8.42 Å². The summed E-state index contributed by atoms with van der Waals surface area (Å²) in [4.78, 5) is 0.198. The maximum atomic E-state index is 12.5. The Hall–Kier alpha value is -2.25. The van der Waals surface area contributed by atoms with Crippen LogP contribution >= 0.6 is 0 Å². The molecule has 0 N–H and O–H groups in total. The molecule has 0 saturated heterocycles. The van der Waals surface area contributed by atoms with Crippen LogP contribution in [0, 0.1) is 6.92 Å². The SMILES string of the molecule is Cc1ccc(S(=O)(=O)OCCCCC(C)(C)O[Si](c2ccccc2)(c2ccccc2)C(C)(C)C)cc1. The summed E-state index contributed by atoms with van der Waals surface area (Å²) in [5.74, 6) is 0. The van der Waals surface area contributed by atoms with Gasteiger partial charge in [0.2, 0.25) is 0 Å². The van der Waals surface area contributed by atoms with Gasteiger partial charge in [-0.1, -0.05) is 99.1 Å². The van der Waals surface area contributed by atoms with E-state index in [1.54, 1.807) is 24.3 Å². The van der Waals surface area contributed by atoms with Gasteiger partial charge in [0.25, 0.3) is 18.4 Å². The first-order valence-electron chi connectivity index (χ1n) is 12.6. The van der Waals surface area contributed by atoms with E-state index >= 15 is 0 Å². The molecular weight excluding hydrogens is 484 g/mol. The molecule has 0 atom stereocenters. The van der Waals surface area contributed by atoms with Crippen molar-refractivity contribution in [1.29, 1.82) is 0 Å². The Morgan fingerprint density at radius 1 is 0.722 bits per heavy atom. The van der Waals surface area contributed by atoms with E-state index < -0.39 is 24.0 Å². The Bertz CT molecular complexity index is 1160. The standard InChI is InChI=1S/C30H40O4SSi/c1-25-19-21-26(22-20-25)35(31,32)33-24-14-13-23-30(5,6)34-36(29(2,3)4,27-15-9-7-10-16-27)28-17-11-8-12-18-28/h7-12,15-22H,13-14,23-24H2,1-6H3. The minimum atomic E-state index is -3.74. The summed E-state index contributed by atoms with van der Waals surface area (Å²) < 4.78 is 37.5. The minimum absolute atomic E-state index is 0.0990. The summed E-state index contributed by atoms with van der Waals surface area (Å²) in [5, 5.41) is 2.41. The third-order valence-corrected chi connectivity index (χ3v) is 13.2. The number of aryl methyl sites for hydroxylation is 1. The molecule has 0 heterocycles. The van der Waals surface area contributed by atoms with Crippen molar-refractivity contribution in [3.63, 3.8) is 0 Å². The second-order valence-electron chi connectivity index (χ2n) is 11.1. The van der Waals surface area contributed by atoms with Crippen LogP contribution < -0.4 is 10.4 Å². The Labute approximate surface area is 218 Å². The largest absolute Gasteiger partial charge is 0.402 e. The third-order valence-electron chi connectivity index (χ3n) is 6.57. The highest BCUT2D eigenvalue weighted by molar-refractivity contribution is 7.86. The van der Waals surface area contributed by atoms with Crippen molar-refractivity contribution in [2.24, 2.45) is 0 Å². The molecule has 4 nitrogen and oxygen atoms in total. The van der Waals surface area contributed by atoms with Crippen LogP contribution in [0.5, 0.6) is 0 Å². The molecule has 194 valence electrons. The van der Waals surface area contributed by atoms with E-state index in [2.05, 4.69) is 83.1 Å². The second-order valence-corrected chi connectivity index (χ2v) is 16.9. The molecule has 0 aliphatic rings. The van der Waals surface area contributed by atoms with Crippen LogP contribution in [0.1, 0.15) is 59.4 Å². The maximum absolute atomic E-state index is 12.5. The van der Waals surface area contributed by atoms with Gasteiger partial charge >= 0.3 is 0 Å². The van der Waals surface area contributed by atoms with Crippen molar-refractivity contribution in [3.8, 4) is 0 Å². The molecule has 0 aromatic heterocycles. The van der Waals surface area contributed by atoms with Crippen molar-refractivity contribution in [2.45, 2.75) is 76.3 Å². The molecule has 3 rings (SSSR count). The molecule has 0 amide bonds. The number of hydrogen-bond acceptors (Lipinski definition) is 4. The lowest BCUT2D eigenvalue weighted by atomic mass is 10.0. The third kappa shape index (κ3) is 6.74. The van der Waals surface area contributed by atoms with Crippen molar-refractivity contribution in [2.75, 3.05) is 6.61 Å². The van der Waals surface area contributed by atoms with Crippen molar-refractivity contribution in [1.82, 2.24) is 0 Å². The van der Waals surface area contributed by atoms with Crippen LogP contribution in [0.2, 0.25) is 5.04 Å². The quantitative estimate of drug-likeness (QED) is 0.170. The molecule has 3 aromatic rings. The van der Waals surface area contributed by atoms with E-state index in [1.165, 1.54) is 10.4 Å². The molecule has 36 heavy (non-hydrogen) atoms. The first-order valence-corrected chi connectivity index (χ1v) is 16.0. The average molecular weight is 525 g/mol. The van der Waals surface area contributed by atoms with Crippen LogP contribution in [0.15, 0.2) is 89.8 Å². The van der Waals surface area contributed by atoms with Gasteiger partial charge < -0.3 is 4.43 Å². The predicted molar refractivity (Wildman–Crippen MR) is 151 cm³/mol. The summed E-state index contributed by atoms with van der Waals surface area (Å²) >= 11 is 0. The smallest absolute Gasteiger partial charge is 0.296 e. The molecule has 0 aliphatic carbocycles. The Kier molecular flexibility index (Phi) is 8.99. The van der Waals surface area contributed by atoms with E-state index in [0.29, 0.717) is 6.42 Å². The normalized spacial score (nSPS) is 13.1. The highest BCUT2D eigenvalue weighted by Crippen LogP contribution is 2.40. The molecule has 0 bridgehead atoms. The van der Waals surface area contributed by atoms with Gasteiger partial charge in [0.1, 0.15) is 0 Å². The average Bonchev–Trinajstić information content (AvgIpc) is 2.83. The topological polar surface area (TPSA) is 52.6 Å². The summed E-state index contributed by atoms with van der Waals surface area (Å²) in [6.07, 6.45) is 2.23. The van der Waals surface area contributed by atoms with E-state index in [1.807, 2.05) is 19.1 Å². The van der Waals surface area contributed by atoms with Crippen molar-refractivity contribution < 1.29 is 17.0 Å². The number of hydrogen-bond donors (Lipinski definition) is 0. The van der Waals surface area contributed by atoms with Gasteiger partial charge in [-0.05, 0) is 67.6 Å². The predicted octanol–water partition coefficient (Wildman–Crippen LogP) is 6.23. The summed E-state index contributed by atoms with van der Waals surface area (Å²) in [7, 11) is -6.40. The fraction of sp³-hybridized carbons (Fsp3) is 0.400. The lowest BCUT2D eigenvalue weighted by Gasteiger charge is -2.48. The van der Waals surface area contributed by atoms with Crippen LogP contribution in [0.25, 0.3) is 0 Å². The van der Waals surface area contributed by atoms with Crippen molar-refractivity contribution in [3.05, 3.63) is 90.5 Å². The minimum Gasteiger partial charge on any atom is -0.402 e. The molecule has 0 fully saturated rings.